The van der Waals surface area contributed by atoms with Crippen molar-refractivity contribution >= 4 is 50.5 Å². The quantitative estimate of drug-likeness (QED) is 0.842. The minimum Gasteiger partial charge on any atom is -0.321 e. The summed E-state index contributed by atoms with van der Waals surface area (Å²) in [6.45, 7) is 1.57. The van der Waals surface area contributed by atoms with Crippen molar-refractivity contribution in [3.63, 3.8) is 0 Å². The minimum atomic E-state index is -3.34. The molecule has 0 aliphatic heterocycles. The van der Waals surface area contributed by atoms with Gasteiger partial charge in [-0.2, -0.15) is 0 Å². The second-order valence-corrected chi connectivity index (χ2v) is 8.13. The van der Waals surface area contributed by atoms with Crippen LogP contribution in [0.2, 0.25) is 10.0 Å². The zero-order valence-electron chi connectivity index (χ0n) is 13.1. The monoisotopic (exact) mass is 386 g/mol. The number of amides is 1. The van der Waals surface area contributed by atoms with Crippen LogP contribution in [0.15, 0.2) is 42.5 Å². The maximum atomic E-state index is 12.3. The van der Waals surface area contributed by atoms with Gasteiger partial charge in [0.1, 0.15) is 0 Å². The number of hydrogen-bond acceptors (Lipinski definition) is 3. The number of carbonyl (C=O) groups excluding carboxylic acids is 1. The first-order valence-electron chi connectivity index (χ1n) is 7.07. The van der Waals surface area contributed by atoms with Crippen LogP contribution in [0.3, 0.4) is 0 Å². The second-order valence-electron chi connectivity index (χ2n) is 4.99. The molecule has 0 aliphatic carbocycles. The molecular formula is C16H16Cl2N2O3S. The van der Waals surface area contributed by atoms with E-state index in [1.165, 1.54) is 11.4 Å². The lowest BCUT2D eigenvalue weighted by molar-refractivity contribution is 0.102. The zero-order chi connectivity index (χ0) is 17.9. The molecule has 0 saturated carbocycles. The lowest BCUT2D eigenvalue weighted by Crippen LogP contribution is -2.28. The van der Waals surface area contributed by atoms with Crippen LogP contribution < -0.4 is 9.62 Å². The second kappa shape index (κ2) is 7.42. The van der Waals surface area contributed by atoms with Crippen LogP contribution in [0.4, 0.5) is 11.4 Å². The van der Waals surface area contributed by atoms with Gasteiger partial charge in [-0.1, -0.05) is 23.2 Å². The van der Waals surface area contributed by atoms with Crippen LogP contribution in [-0.4, -0.2) is 27.1 Å². The summed E-state index contributed by atoms with van der Waals surface area (Å²) < 4.78 is 24.9. The van der Waals surface area contributed by atoms with Crippen molar-refractivity contribution in [3.05, 3.63) is 58.1 Å². The highest BCUT2D eigenvalue weighted by atomic mass is 35.5. The molecule has 0 bridgehead atoms. The van der Waals surface area contributed by atoms with Gasteiger partial charge in [0.05, 0.1) is 22.2 Å². The molecule has 128 valence electrons. The van der Waals surface area contributed by atoms with E-state index in [0.717, 1.165) is 0 Å². The number of carbonyl (C=O) groups is 1. The molecule has 0 fully saturated rings. The van der Waals surface area contributed by atoms with Gasteiger partial charge in [-0.25, -0.2) is 8.42 Å². The molecule has 1 N–H and O–H groups in total. The molecule has 24 heavy (non-hydrogen) atoms. The van der Waals surface area contributed by atoms with Crippen LogP contribution in [0.1, 0.15) is 17.3 Å². The highest BCUT2D eigenvalue weighted by Crippen LogP contribution is 2.26. The van der Waals surface area contributed by atoms with Crippen LogP contribution >= 0.6 is 23.2 Å². The van der Waals surface area contributed by atoms with Gasteiger partial charge in [-0.15, -0.1) is 0 Å². The van der Waals surface area contributed by atoms with Gasteiger partial charge in [0.15, 0.2) is 0 Å². The number of sulfonamides is 1. The summed E-state index contributed by atoms with van der Waals surface area (Å²) in [5.41, 5.74) is 1.26. The summed E-state index contributed by atoms with van der Waals surface area (Å²) in [5.74, 6) is -0.370. The summed E-state index contributed by atoms with van der Waals surface area (Å²) in [7, 11) is -1.87. The Kier molecular flexibility index (Phi) is 5.74. The Morgan fingerprint density at radius 1 is 1.12 bits per heavy atom. The number of rotatable bonds is 5. The molecule has 0 atom stereocenters. The molecule has 1 amide bonds. The molecule has 2 aromatic carbocycles. The molecule has 0 spiro atoms. The van der Waals surface area contributed by atoms with Gasteiger partial charge >= 0.3 is 0 Å². The van der Waals surface area contributed by atoms with E-state index >= 15 is 0 Å². The molecular weight excluding hydrogens is 371 g/mol. The van der Waals surface area contributed by atoms with Crippen molar-refractivity contribution < 1.29 is 13.2 Å². The van der Waals surface area contributed by atoms with Crippen molar-refractivity contribution in [1.29, 1.82) is 0 Å². The minimum absolute atomic E-state index is 0.000989. The molecule has 0 aliphatic rings. The van der Waals surface area contributed by atoms with Crippen molar-refractivity contribution in [3.8, 4) is 0 Å². The fourth-order valence-corrected chi connectivity index (χ4v) is 3.13. The van der Waals surface area contributed by atoms with Crippen molar-refractivity contribution in [2.75, 3.05) is 22.4 Å². The summed E-state index contributed by atoms with van der Waals surface area (Å²) in [6, 6.07) is 11.0. The van der Waals surface area contributed by atoms with Crippen molar-refractivity contribution in [1.82, 2.24) is 0 Å². The third kappa shape index (κ3) is 4.20. The molecule has 2 aromatic rings. The number of nitrogens with one attached hydrogen (secondary N) is 1. The summed E-state index contributed by atoms with van der Waals surface area (Å²) in [5, 5.41) is 3.50. The lowest BCUT2D eigenvalue weighted by Gasteiger charge is -2.18. The van der Waals surface area contributed by atoms with Gasteiger partial charge in [0.2, 0.25) is 10.0 Å². The Morgan fingerprint density at radius 3 is 2.33 bits per heavy atom. The van der Waals surface area contributed by atoms with Crippen LogP contribution in [0.5, 0.6) is 0 Å². The molecule has 0 aromatic heterocycles. The van der Waals surface area contributed by atoms with E-state index in [4.69, 9.17) is 23.2 Å². The average Bonchev–Trinajstić information content (AvgIpc) is 2.57. The first kappa shape index (κ1) is 18.6. The SMILES string of the molecule is CCS(=O)(=O)N(C)c1ccc(C(=O)Nc2cc(Cl)ccc2Cl)cc1. The maximum absolute atomic E-state index is 12.3. The van der Waals surface area contributed by atoms with Gasteiger partial charge in [-0.05, 0) is 49.4 Å². The topological polar surface area (TPSA) is 66.5 Å². The first-order chi connectivity index (χ1) is 11.2. The Morgan fingerprint density at radius 2 is 1.75 bits per heavy atom. The predicted molar refractivity (Wildman–Crippen MR) is 98.7 cm³/mol. The Bertz CT molecular complexity index is 852. The third-order valence-electron chi connectivity index (χ3n) is 3.45. The summed E-state index contributed by atoms with van der Waals surface area (Å²) in [4.78, 5) is 12.3. The molecule has 2 rings (SSSR count). The Balaban J connectivity index is 2.19. The molecule has 0 unspecified atom stereocenters. The smallest absolute Gasteiger partial charge is 0.255 e. The number of benzene rings is 2. The number of anilines is 2. The predicted octanol–water partition coefficient (Wildman–Crippen LogP) is 4.03. The molecule has 8 heteroatoms. The standard InChI is InChI=1S/C16H16Cl2N2O3S/c1-3-24(22,23)20(2)13-7-4-11(5-8-13)16(21)19-15-10-12(17)6-9-14(15)18/h4-10H,3H2,1-2H3,(H,19,21). The summed E-state index contributed by atoms with van der Waals surface area (Å²) >= 11 is 11.9. The molecule has 0 radical (unpaired) electrons. The highest BCUT2D eigenvalue weighted by Gasteiger charge is 2.16. The van der Waals surface area contributed by atoms with Gasteiger partial charge in [0, 0.05) is 17.6 Å². The van der Waals surface area contributed by atoms with Gasteiger partial charge in [-0.3, -0.25) is 9.10 Å². The van der Waals surface area contributed by atoms with E-state index in [9.17, 15) is 13.2 Å². The normalized spacial score (nSPS) is 11.2. The van der Waals surface area contributed by atoms with E-state index in [1.807, 2.05) is 0 Å². The molecule has 5 nitrogen and oxygen atoms in total. The van der Waals surface area contributed by atoms with Crippen LogP contribution in [0.25, 0.3) is 0 Å². The Labute approximate surface area is 151 Å². The van der Waals surface area contributed by atoms with E-state index in [1.54, 1.807) is 49.4 Å². The zero-order valence-corrected chi connectivity index (χ0v) is 15.4. The van der Waals surface area contributed by atoms with E-state index in [0.29, 0.717) is 27.0 Å². The fraction of sp³-hybridized carbons (Fsp3) is 0.188. The van der Waals surface area contributed by atoms with Gasteiger partial charge in [0.25, 0.3) is 5.91 Å². The molecule has 0 saturated heterocycles. The van der Waals surface area contributed by atoms with E-state index in [2.05, 4.69) is 5.32 Å². The van der Waals surface area contributed by atoms with Crippen molar-refractivity contribution in [2.45, 2.75) is 6.92 Å². The van der Waals surface area contributed by atoms with E-state index < -0.39 is 10.0 Å². The van der Waals surface area contributed by atoms with E-state index in [-0.39, 0.29) is 11.7 Å². The third-order valence-corrected chi connectivity index (χ3v) is 5.79. The number of hydrogen-bond donors (Lipinski definition) is 1. The highest BCUT2D eigenvalue weighted by molar-refractivity contribution is 7.92. The van der Waals surface area contributed by atoms with Crippen LogP contribution in [-0.2, 0) is 10.0 Å². The van der Waals surface area contributed by atoms with Gasteiger partial charge < -0.3 is 5.32 Å². The Hall–Kier alpha value is -1.76. The largest absolute Gasteiger partial charge is 0.321 e. The fourth-order valence-electron chi connectivity index (χ4n) is 1.96. The van der Waals surface area contributed by atoms with Crippen molar-refractivity contribution in [2.24, 2.45) is 0 Å². The maximum Gasteiger partial charge on any atom is 0.255 e. The number of nitrogens with zero attached hydrogens (tertiary/aromatic N) is 1. The summed E-state index contributed by atoms with van der Waals surface area (Å²) in [6.07, 6.45) is 0. The first-order valence-corrected chi connectivity index (χ1v) is 9.44. The molecule has 0 heterocycles. The average molecular weight is 387 g/mol. The lowest BCUT2D eigenvalue weighted by atomic mass is 10.2. The van der Waals surface area contributed by atoms with Crippen LogP contribution in [0, 0.1) is 0 Å². The number of halogens is 2.